The Hall–Kier alpha value is -19.0. The summed E-state index contributed by atoms with van der Waals surface area (Å²) >= 11 is 0. The molecule has 0 aliphatic heterocycles. The number of para-hydroxylation sites is 6. The second-order valence-corrected chi connectivity index (χ2v) is 37.7. The smallest absolute Gasteiger partial charge is 0.0979 e. The standard InChI is InChI=1S/3C44H25N3/c1-3-13-34-30(10-1)31-11-2-4-14-35(31)43-42(34)45-25-39(46-43)32-18-8-16-28-27(15-7-17-29(28)32)26-22-23-41-38(24-26)37-20-9-19-36-33-12-5-6-21-40(33)47(41)44(36)37;1-3-11-34-31(8-1)32-9-2-4-12-35(32)43-42(34)45-25-39(46-43)29-19-17-26-16-18-27(22-30(26)23-29)28-20-21-41-38(24-28)37-14-7-13-36-33-10-5-6-15-40(33)47(41)44(36)37;1-2-11-29-28(10-1)27(26-20-23-41-38(24-26)37-18-9-17-36-33-14-7-8-19-40(33)47(41)44(36)37)21-22-32(29)39-25-45-42-34-15-5-3-12-30(34)31-13-4-6-16-35(31)43(42)46-39/h3*1-25H. The van der Waals surface area contributed by atoms with Crippen molar-refractivity contribution in [2.75, 3.05) is 0 Å². The lowest BCUT2D eigenvalue weighted by atomic mass is 9.93. The molecule has 0 atom stereocenters. The minimum atomic E-state index is 0.880. The summed E-state index contributed by atoms with van der Waals surface area (Å²) in [5.41, 5.74) is 30.2. The molecule has 0 radical (unpaired) electrons. The van der Waals surface area contributed by atoms with Gasteiger partial charge in [0, 0.05) is 114 Å². The van der Waals surface area contributed by atoms with Crippen molar-refractivity contribution in [3.63, 3.8) is 0 Å². The third kappa shape index (κ3) is 11.3. The van der Waals surface area contributed by atoms with E-state index in [0.717, 1.165) is 99.2 Å². The molecular weight excluding hydrogens is 1710 g/mol. The predicted octanol–water partition coefficient (Wildman–Crippen LogP) is 34.7. The summed E-state index contributed by atoms with van der Waals surface area (Å²) in [6, 6.07) is 158. The van der Waals surface area contributed by atoms with E-state index in [1.54, 1.807) is 0 Å². The van der Waals surface area contributed by atoms with Crippen LogP contribution in [-0.2, 0) is 0 Å². The minimum absolute atomic E-state index is 0.880. The zero-order valence-corrected chi connectivity index (χ0v) is 75.8. The fourth-order valence-corrected chi connectivity index (χ4v) is 24.2. The van der Waals surface area contributed by atoms with Crippen molar-refractivity contribution in [1.29, 1.82) is 0 Å². The molecule has 0 amide bonds. The quantitative estimate of drug-likeness (QED) is 0.154. The monoisotopic (exact) mass is 1790 g/mol. The molecule has 9 heterocycles. The maximum Gasteiger partial charge on any atom is 0.0979 e. The highest BCUT2D eigenvalue weighted by Crippen LogP contribution is 2.49. The molecule has 9 heteroatoms. The third-order valence-electron chi connectivity index (χ3n) is 30.4. The van der Waals surface area contributed by atoms with Gasteiger partial charge in [0.1, 0.15) is 0 Å². The maximum atomic E-state index is 5.32. The first-order valence-corrected chi connectivity index (χ1v) is 48.3. The summed E-state index contributed by atoms with van der Waals surface area (Å²) in [4.78, 5) is 31.0. The number of rotatable bonds is 6. The Kier molecular flexibility index (Phi) is 16.3. The van der Waals surface area contributed by atoms with Crippen LogP contribution in [0.15, 0.2) is 455 Å². The van der Waals surface area contributed by atoms with Crippen LogP contribution in [0.3, 0.4) is 0 Å². The second kappa shape index (κ2) is 29.8. The van der Waals surface area contributed by atoms with Crippen molar-refractivity contribution in [3.05, 3.63) is 455 Å². The Balaban J connectivity index is 0.0000000972. The van der Waals surface area contributed by atoms with Gasteiger partial charge in [-0.05, 0) is 165 Å². The summed E-state index contributed by atoms with van der Waals surface area (Å²) in [5.74, 6) is 0. The fraction of sp³-hybridized carbons (Fsp3) is 0. The highest BCUT2D eigenvalue weighted by molar-refractivity contribution is 6.30. The molecule has 33 rings (SSSR count). The van der Waals surface area contributed by atoms with E-state index in [4.69, 9.17) is 29.9 Å². The van der Waals surface area contributed by atoms with Gasteiger partial charge in [-0.3, -0.25) is 15.0 Å². The summed E-state index contributed by atoms with van der Waals surface area (Å²) in [5, 5.41) is 36.7. The van der Waals surface area contributed by atoms with Crippen LogP contribution in [0.1, 0.15) is 0 Å². The summed E-state index contributed by atoms with van der Waals surface area (Å²) in [6.07, 6.45) is 5.81. The summed E-state index contributed by atoms with van der Waals surface area (Å²) < 4.78 is 7.31. The largest absolute Gasteiger partial charge is 0.308 e. The number of hydrogen-bond donors (Lipinski definition) is 0. The first-order valence-electron chi connectivity index (χ1n) is 48.3. The normalized spacial score (nSPS) is 12.3. The SMILES string of the molecule is c1cc(-c2cnc3c4ccccc4c4ccccc4c3n2)c2cccc(-c3ccc4c(c3)c3cccc5c6ccccc6n4c53)c2c1.c1ccc2c(-c3cnc4c5ccccc5c5ccccc5c4n3)ccc(-c3ccc4c(c3)c3cccc5c6ccccc6n4c53)c2c1.c1ccc2c(c1)c1ccccc1c1nc(-c3ccc4ccc(-c5ccc6c(c5)c5cccc7c8ccccc8n6c75)cc4c3)cnc21. The van der Waals surface area contributed by atoms with E-state index in [1.807, 2.05) is 18.6 Å². The number of aromatic nitrogens is 9. The van der Waals surface area contributed by atoms with E-state index in [1.165, 1.54) is 212 Å². The Morgan fingerprint density at radius 3 is 0.780 bits per heavy atom. The van der Waals surface area contributed by atoms with E-state index < -0.39 is 0 Å². The van der Waals surface area contributed by atoms with Gasteiger partial charge in [-0.1, -0.05) is 370 Å². The molecule has 141 heavy (non-hydrogen) atoms. The fourth-order valence-electron chi connectivity index (χ4n) is 24.2. The molecule has 0 aliphatic carbocycles. The van der Waals surface area contributed by atoms with E-state index in [-0.39, 0.29) is 0 Å². The number of nitrogens with zero attached hydrogens (tertiary/aromatic N) is 9. The highest BCUT2D eigenvalue weighted by Gasteiger charge is 2.26. The molecule has 0 saturated heterocycles. The van der Waals surface area contributed by atoms with Crippen molar-refractivity contribution in [3.8, 4) is 67.2 Å². The zero-order chi connectivity index (χ0) is 91.9. The lowest BCUT2D eigenvalue weighted by molar-refractivity contribution is 1.31. The Labute approximate surface area is 804 Å². The van der Waals surface area contributed by atoms with E-state index >= 15 is 0 Å². The van der Waals surface area contributed by atoms with Crippen LogP contribution in [0.4, 0.5) is 0 Å². The molecule has 33 aromatic rings. The zero-order valence-electron chi connectivity index (χ0n) is 75.8. The summed E-state index contributed by atoms with van der Waals surface area (Å²) in [7, 11) is 0. The molecule has 0 N–H and O–H groups in total. The van der Waals surface area contributed by atoms with Gasteiger partial charge in [-0.25, -0.2) is 15.0 Å². The first-order chi connectivity index (χ1) is 70.0. The number of benzene rings is 24. The number of hydrogen-bond acceptors (Lipinski definition) is 6. The lowest BCUT2D eigenvalue weighted by Gasteiger charge is -2.14. The van der Waals surface area contributed by atoms with Crippen molar-refractivity contribution in [2.24, 2.45) is 0 Å². The van der Waals surface area contributed by atoms with Crippen molar-refractivity contribution < 1.29 is 0 Å². The van der Waals surface area contributed by atoms with E-state index in [2.05, 4.69) is 450 Å². The van der Waals surface area contributed by atoms with Gasteiger partial charge in [0.15, 0.2) is 0 Å². The molecule has 9 nitrogen and oxygen atoms in total. The van der Waals surface area contributed by atoms with Gasteiger partial charge in [0.2, 0.25) is 0 Å². The van der Waals surface area contributed by atoms with Crippen LogP contribution >= 0.6 is 0 Å². The Bertz CT molecular complexity index is 10800. The van der Waals surface area contributed by atoms with Gasteiger partial charge in [0.05, 0.1) is 118 Å². The van der Waals surface area contributed by atoms with Crippen molar-refractivity contribution >= 4 is 244 Å². The van der Waals surface area contributed by atoms with E-state index in [9.17, 15) is 0 Å². The van der Waals surface area contributed by atoms with Crippen LogP contribution in [0.2, 0.25) is 0 Å². The molecule has 0 spiro atoms. The van der Waals surface area contributed by atoms with Gasteiger partial charge in [-0.2, -0.15) is 0 Å². The average molecular weight is 1790 g/mol. The van der Waals surface area contributed by atoms with Crippen LogP contribution in [0.25, 0.3) is 311 Å². The Morgan fingerprint density at radius 2 is 0.376 bits per heavy atom. The molecule has 0 saturated carbocycles. The molecule has 9 aromatic heterocycles. The van der Waals surface area contributed by atoms with Crippen molar-refractivity contribution in [2.45, 2.75) is 0 Å². The van der Waals surface area contributed by atoms with Gasteiger partial charge in [0.25, 0.3) is 0 Å². The average Bonchev–Trinajstić information content (AvgIpc) is 1.55. The second-order valence-electron chi connectivity index (χ2n) is 37.7. The molecule has 0 fully saturated rings. The van der Waals surface area contributed by atoms with Crippen LogP contribution in [0.5, 0.6) is 0 Å². The summed E-state index contributed by atoms with van der Waals surface area (Å²) in [6.45, 7) is 0. The molecule has 0 bridgehead atoms. The minimum Gasteiger partial charge on any atom is -0.308 e. The third-order valence-corrected chi connectivity index (χ3v) is 30.4. The molecule has 24 aromatic carbocycles. The van der Waals surface area contributed by atoms with Gasteiger partial charge in [-0.15, -0.1) is 0 Å². The molecule has 0 aliphatic rings. The van der Waals surface area contributed by atoms with E-state index in [0.29, 0.717) is 0 Å². The topological polar surface area (TPSA) is 90.6 Å². The molecule has 648 valence electrons. The lowest BCUT2D eigenvalue weighted by Crippen LogP contribution is -1.93. The van der Waals surface area contributed by atoms with Crippen LogP contribution in [0, 0.1) is 0 Å². The highest BCUT2D eigenvalue weighted by atomic mass is 14.9. The van der Waals surface area contributed by atoms with Crippen LogP contribution < -0.4 is 0 Å². The van der Waals surface area contributed by atoms with Gasteiger partial charge < -0.3 is 13.2 Å². The van der Waals surface area contributed by atoms with Gasteiger partial charge >= 0.3 is 0 Å². The van der Waals surface area contributed by atoms with Crippen LogP contribution in [-0.4, -0.2) is 43.1 Å². The predicted molar refractivity (Wildman–Crippen MR) is 593 cm³/mol. The maximum absolute atomic E-state index is 5.32. The number of fused-ring (bicyclic) bond motifs is 39. The molecule has 0 unspecified atom stereocenters. The first kappa shape index (κ1) is 77.3. The van der Waals surface area contributed by atoms with Crippen molar-refractivity contribution in [1.82, 2.24) is 43.1 Å². The molecular formula is C132H75N9. The Morgan fingerprint density at radius 1 is 0.135 bits per heavy atom.